The summed E-state index contributed by atoms with van der Waals surface area (Å²) in [6.45, 7) is 1.89. The first kappa shape index (κ1) is 20.9. The number of hydrogen-bond acceptors (Lipinski definition) is 7. The van der Waals surface area contributed by atoms with Gasteiger partial charge in [0, 0.05) is 0 Å². The van der Waals surface area contributed by atoms with Crippen LogP contribution in [0.25, 0.3) is 27.4 Å². The van der Waals surface area contributed by atoms with Gasteiger partial charge in [0.2, 0.25) is 5.89 Å². The van der Waals surface area contributed by atoms with Crippen molar-refractivity contribution in [3.63, 3.8) is 0 Å². The maximum absolute atomic E-state index is 13.8. The number of para-hydroxylation sites is 1. The molecule has 0 fully saturated rings. The van der Waals surface area contributed by atoms with Crippen molar-refractivity contribution in [3.05, 3.63) is 87.1 Å². The fraction of sp³-hybridized carbons (Fsp3) is 0.0909. The quantitative estimate of drug-likeness (QED) is 0.220. The van der Waals surface area contributed by atoms with Crippen molar-refractivity contribution in [2.24, 2.45) is 0 Å². The standard InChI is InChI=1S/C22H14ClFN4O2S2/c1-12(19-26-27-20(30-19)18-7-4-10-31-18)32-22-25-17-6-3-2-5-14(17)21(29)28(22)13-8-9-16(24)15(23)11-13/h2-12H,1H3. The zero-order valence-corrected chi connectivity index (χ0v) is 18.9. The van der Waals surface area contributed by atoms with Crippen molar-refractivity contribution < 1.29 is 8.81 Å². The molecule has 6 nitrogen and oxygen atoms in total. The number of hydrogen-bond donors (Lipinski definition) is 0. The van der Waals surface area contributed by atoms with Gasteiger partial charge in [0.25, 0.3) is 11.4 Å². The summed E-state index contributed by atoms with van der Waals surface area (Å²) in [5.41, 5.74) is 0.693. The molecule has 2 aromatic carbocycles. The highest BCUT2D eigenvalue weighted by molar-refractivity contribution is 7.99. The van der Waals surface area contributed by atoms with Gasteiger partial charge < -0.3 is 4.42 Å². The summed E-state index contributed by atoms with van der Waals surface area (Å²) in [5, 5.41) is 10.7. The van der Waals surface area contributed by atoms with E-state index in [9.17, 15) is 9.18 Å². The molecule has 0 spiro atoms. The van der Waals surface area contributed by atoms with E-state index in [4.69, 9.17) is 16.0 Å². The molecule has 1 unspecified atom stereocenters. The summed E-state index contributed by atoms with van der Waals surface area (Å²) >= 11 is 8.79. The van der Waals surface area contributed by atoms with Gasteiger partial charge in [0.05, 0.1) is 31.7 Å². The van der Waals surface area contributed by atoms with Gasteiger partial charge in [-0.25, -0.2) is 9.37 Å². The Bertz CT molecular complexity index is 1480. The molecule has 0 N–H and O–H groups in total. The maximum Gasteiger partial charge on any atom is 0.266 e. The molecule has 0 aliphatic carbocycles. The van der Waals surface area contributed by atoms with Gasteiger partial charge in [0.1, 0.15) is 5.82 Å². The number of fused-ring (bicyclic) bond motifs is 1. The van der Waals surface area contributed by atoms with Crippen molar-refractivity contribution in [2.45, 2.75) is 17.3 Å². The Kier molecular flexibility index (Phi) is 5.54. The number of nitrogens with zero attached hydrogens (tertiary/aromatic N) is 4. The zero-order chi connectivity index (χ0) is 22.2. The van der Waals surface area contributed by atoms with Crippen molar-refractivity contribution >= 4 is 45.6 Å². The van der Waals surface area contributed by atoms with Gasteiger partial charge in [-0.05, 0) is 48.7 Å². The van der Waals surface area contributed by atoms with E-state index in [0.29, 0.717) is 33.5 Å². The summed E-state index contributed by atoms with van der Waals surface area (Å²) in [4.78, 5) is 18.9. The van der Waals surface area contributed by atoms with Crippen LogP contribution in [0.4, 0.5) is 4.39 Å². The van der Waals surface area contributed by atoms with E-state index in [-0.39, 0.29) is 15.8 Å². The lowest BCUT2D eigenvalue weighted by Gasteiger charge is -2.15. The maximum atomic E-state index is 13.8. The summed E-state index contributed by atoms with van der Waals surface area (Å²) in [6, 6.07) is 15.0. The number of rotatable bonds is 5. The van der Waals surface area contributed by atoms with Gasteiger partial charge in [0.15, 0.2) is 5.16 Å². The first-order valence-electron chi connectivity index (χ1n) is 9.52. The van der Waals surface area contributed by atoms with E-state index in [2.05, 4.69) is 15.2 Å². The molecule has 5 rings (SSSR count). The van der Waals surface area contributed by atoms with E-state index in [1.54, 1.807) is 18.2 Å². The van der Waals surface area contributed by atoms with Gasteiger partial charge in [-0.2, -0.15) is 0 Å². The lowest BCUT2D eigenvalue weighted by atomic mass is 10.2. The molecule has 0 radical (unpaired) electrons. The highest BCUT2D eigenvalue weighted by Crippen LogP contribution is 2.36. The number of thiophene rings is 1. The van der Waals surface area contributed by atoms with Crippen LogP contribution in [-0.4, -0.2) is 19.7 Å². The van der Waals surface area contributed by atoms with E-state index in [1.807, 2.05) is 30.5 Å². The first-order valence-corrected chi connectivity index (χ1v) is 11.7. The van der Waals surface area contributed by atoms with Crippen LogP contribution in [0.2, 0.25) is 5.02 Å². The van der Waals surface area contributed by atoms with Crippen molar-refractivity contribution in [2.75, 3.05) is 0 Å². The third-order valence-corrected chi connectivity index (χ3v) is 6.90. The summed E-state index contributed by atoms with van der Waals surface area (Å²) in [6.07, 6.45) is 0. The van der Waals surface area contributed by atoms with Crippen LogP contribution in [0.5, 0.6) is 0 Å². The van der Waals surface area contributed by atoms with E-state index in [1.165, 1.54) is 45.9 Å². The SMILES string of the molecule is CC(Sc1nc2ccccc2c(=O)n1-c1ccc(F)c(Cl)c1)c1nnc(-c2cccs2)o1. The monoisotopic (exact) mass is 484 g/mol. The molecule has 1 atom stereocenters. The first-order chi connectivity index (χ1) is 15.5. The predicted octanol–water partition coefficient (Wildman–Crippen LogP) is 6.14. The summed E-state index contributed by atoms with van der Waals surface area (Å²) in [7, 11) is 0. The van der Waals surface area contributed by atoms with Crippen LogP contribution < -0.4 is 5.56 Å². The third-order valence-electron chi connectivity index (χ3n) is 4.71. The molecule has 0 amide bonds. The van der Waals surface area contributed by atoms with Gasteiger partial charge in [-0.15, -0.1) is 21.5 Å². The van der Waals surface area contributed by atoms with Crippen LogP contribution in [0.1, 0.15) is 18.1 Å². The summed E-state index contributed by atoms with van der Waals surface area (Å²) in [5.74, 6) is 0.285. The van der Waals surface area contributed by atoms with Crippen LogP contribution in [0, 0.1) is 5.82 Å². The highest BCUT2D eigenvalue weighted by Gasteiger charge is 2.21. The minimum atomic E-state index is -0.563. The predicted molar refractivity (Wildman–Crippen MR) is 124 cm³/mol. The largest absolute Gasteiger partial charge is 0.419 e. The van der Waals surface area contributed by atoms with Gasteiger partial charge in [-0.3, -0.25) is 9.36 Å². The molecule has 10 heteroatoms. The minimum Gasteiger partial charge on any atom is -0.419 e. The number of halogens is 2. The Morgan fingerprint density at radius 1 is 1.16 bits per heavy atom. The van der Waals surface area contributed by atoms with E-state index >= 15 is 0 Å². The lowest BCUT2D eigenvalue weighted by Crippen LogP contribution is -2.22. The Balaban J connectivity index is 1.59. The molecule has 3 aromatic heterocycles. The van der Waals surface area contributed by atoms with Crippen molar-refractivity contribution in [1.82, 2.24) is 19.7 Å². The molecule has 0 aliphatic heterocycles. The second-order valence-corrected chi connectivity index (χ2v) is 9.50. The van der Waals surface area contributed by atoms with Gasteiger partial charge in [-0.1, -0.05) is 41.6 Å². The average Bonchev–Trinajstić information content (AvgIpc) is 3.48. The Labute approximate surface area is 194 Å². The third kappa shape index (κ3) is 3.83. The van der Waals surface area contributed by atoms with Crippen LogP contribution in [0.3, 0.4) is 0 Å². The molecule has 160 valence electrons. The number of benzene rings is 2. The van der Waals surface area contributed by atoms with Crippen LogP contribution in [-0.2, 0) is 0 Å². The molecular weight excluding hydrogens is 471 g/mol. The van der Waals surface area contributed by atoms with E-state index < -0.39 is 5.82 Å². The average molecular weight is 485 g/mol. The molecule has 0 saturated heterocycles. The molecule has 32 heavy (non-hydrogen) atoms. The Hall–Kier alpha value is -3.01. The minimum absolute atomic E-state index is 0.0796. The summed E-state index contributed by atoms with van der Waals surface area (Å²) < 4.78 is 21.0. The smallest absolute Gasteiger partial charge is 0.266 e. The second kappa shape index (κ2) is 8.50. The molecular formula is C22H14ClFN4O2S2. The van der Waals surface area contributed by atoms with Crippen LogP contribution >= 0.6 is 34.7 Å². The molecule has 0 aliphatic rings. The van der Waals surface area contributed by atoms with E-state index in [0.717, 1.165) is 4.88 Å². The van der Waals surface area contributed by atoms with Crippen LogP contribution in [0.15, 0.2) is 74.3 Å². The lowest BCUT2D eigenvalue weighted by molar-refractivity contribution is 0.509. The Morgan fingerprint density at radius 3 is 2.78 bits per heavy atom. The molecule has 0 bridgehead atoms. The fourth-order valence-electron chi connectivity index (χ4n) is 3.15. The normalized spacial score (nSPS) is 12.3. The second-order valence-electron chi connectivity index (χ2n) is 6.83. The molecule has 3 heterocycles. The number of aromatic nitrogens is 4. The van der Waals surface area contributed by atoms with Crippen molar-refractivity contribution in [3.8, 4) is 16.5 Å². The Morgan fingerprint density at radius 2 is 2.00 bits per heavy atom. The van der Waals surface area contributed by atoms with Gasteiger partial charge >= 0.3 is 0 Å². The molecule has 0 saturated carbocycles. The zero-order valence-electron chi connectivity index (χ0n) is 16.5. The topological polar surface area (TPSA) is 73.8 Å². The highest BCUT2D eigenvalue weighted by atomic mass is 35.5. The fourth-order valence-corrected chi connectivity index (χ4v) is 4.93. The molecule has 5 aromatic rings. The van der Waals surface area contributed by atoms with Crippen molar-refractivity contribution in [1.29, 1.82) is 0 Å². The number of thioether (sulfide) groups is 1.